The van der Waals surface area contributed by atoms with Crippen LogP contribution in [0, 0.1) is 0 Å². The predicted molar refractivity (Wildman–Crippen MR) is 63.3 cm³/mol. The topological polar surface area (TPSA) is 0 Å². The molecular weight excluding hydrogens is 176 g/mol. The van der Waals surface area contributed by atoms with Crippen molar-refractivity contribution in [2.45, 2.75) is 44.3 Å². The molecule has 0 aromatic heterocycles. The van der Waals surface area contributed by atoms with Crippen LogP contribution in [0.4, 0.5) is 0 Å². The molecule has 0 aromatic rings. The summed E-state index contributed by atoms with van der Waals surface area (Å²) in [5.74, 6) is 1.32. The summed E-state index contributed by atoms with van der Waals surface area (Å²) in [5.41, 5.74) is 0. The molecule has 0 N–H and O–H groups in total. The highest BCUT2D eigenvalue weighted by Gasteiger charge is 2.01. The molecule has 0 fully saturated rings. The van der Waals surface area contributed by atoms with Gasteiger partial charge in [-0.1, -0.05) is 50.5 Å². The van der Waals surface area contributed by atoms with E-state index in [4.69, 9.17) is 0 Å². The molecule has 1 heteroatoms. The first kappa shape index (κ1) is 10.9. The van der Waals surface area contributed by atoms with Gasteiger partial charge in [-0.05, 0) is 18.6 Å². The Labute approximate surface area is 86.5 Å². The molecule has 0 heterocycles. The Hall–Kier alpha value is -0.170. The maximum Gasteiger partial charge on any atom is 0.0407 e. The summed E-state index contributed by atoms with van der Waals surface area (Å²) in [6, 6.07) is 0. The van der Waals surface area contributed by atoms with Crippen LogP contribution in [0.1, 0.15) is 39.0 Å². The summed E-state index contributed by atoms with van der Waals surface area (Å²) in [6.07, 6.45) is 15.8. The van der Waals surface area contributed by atoms with Crippen LogP contribution in [0.2, 0.25) is 0 Å². The summed E-state index contributed by atoms with van der Waals surface area (Å²) < 4.78 is 0. The third-order valence-corrected chi connectivity index (χ3v) is 3.46. The summed E-state index contributed by atoms with van der Waals surface area (Å²) in [5, 5.41) is 0.662. The van der Waals surface area contributed by atoms with Crippen molar-refractivity contribution in [2.75, 3.05) is 5.75 Å². The Morgan fingerprint density at radius 3 is 2.62 bits per heavy atom. The van der Waals surface area contributed by atoms with Crippen LogP contribution in [0.3, 0.4) is 0 Å². The molecule has 0 amide bonds. The molecule has 0 atom stereocenters. The number of hydrogen-bond donors (Lipinski definition) is 0. The Kier molecular flexibility index (Phi) is 6.09. The van der Waals surface area contributed by atoms with Crippen LogP contribution < -0.4 is 0 Å². The molecule has 0 unspecified atom stereocenters. The fraction of sp³-hybridized carbons (Fsp3) is 0.667. The van der Waals surface area contributed by atoms with Crippen LogP contribution in [0.5, 0.6) is 0 Å². The van der Waals surface area contributed by atoms with E-state index in [0.29, 0.717) is 5.25 Å². The Morgan fingerprint density at radius 1 is 1.15 bits per heavy atom. The first-order valence-electron chi connectivity index (χ1n) is 5.38. The van der Waals surface area contributed by atoms with Gasteiger partial charge in [-0.15, -0.1) is 0 Å². The zero-order valence-corrected chi connectivity index (χ0v) is 9.35. The zero-order valence-electron chi connectivity index (χ0n) is 8.54. The minimum atomic E-state index is 0.662. The summed E-state index contributed by atoms with van der Waals surface area (Å²) in [4.78, 5) is 0. The molecule has 0 aromatic carbocycles. The van der Waals surface area contributed by atoms with Crippen LogP contribution in [-0.4, -0.2) is 11.0 Å². The summed E-state index contributed by atoms with van der Waals surface area (Å²) in [6.45, 7) is 2.26. The fourth-order valence-corrected chi connectivity index (χ4v) is 2.51. The van der Waals surface area contributed by atoms with Gasteiger partial charge in [-0.3, -0.25) is 0 Å². The van der Waals surface area contributed by atoms with Crippen LogP contribution >= 0.6 is 11.8 Å². The molecule has 0 spiro atoms. The van der Waals surface area contributed by atoms with E-state index in [1.54, 1.807) is 0 Å². The second kappa shape index (κ2) is 7.25. The minimum absolute atomic E-state index is 0.662. The van der Waals surface area contributed by atoms with E-state index in [0.717, 1.165) is 6.42 Å². The molecule has 0 nitrogen and oxygen atoms in total. The average Bonchev–Trinajstić information content (AvgIpc) is 2.19. The highest BCUT2D eigenvalue weighted by molar-refractivity contribution is 8.00. The van der Waals surface area contributed by atoms with E-state index in [1.165, 1.54) is 31.4 Å². The van der Waals surface area contributed by atoms with Crippen LogP contribution in [0.15, 0.2) is 24.3 Å². The second-order valence-corrected chi connectivity index (χ2v) is 4.77. The monoisotopic (exact) mass is 196 g/mol. The molecular formula is C12H20S. The van der Waals surface area contributed by atoms with Gasteiger partial charge >= 0.3 is 0 Å². The van der Waals surface area contributed by atoms with E-state index in [2.05, 4.69) is 43.0 Å². The van der Waals surface area contributed by atoms with E-state index >= 15 is 0 Å². The van der Waals surface area contributed by atoms with Gasteiger partial charge in [0, 0.05) is 5.25 Å². The molecule has 0 aliphatic heterocycles. The van der Waals surface area contributed by atoms with Gasteiger partial charge < -0.3 is 0 Å². The van der Waals surface area contributed by atoms with Crippen molar-refractivity contribution >= 4 is 11.8 Å². The predicted octanol–water partition coefficient (Wildman–Crippen LogP) is 4.18. The zero-order chi connectivity index (χ0) is 9.36. The minimum Gasteiger partial charge on any atom is -0.150 e. The lowest BCUT2D eigenvalue weighted by atomic mass is 10.2. The third kappa shape index (κ3) is 5.20. The van der Waals surface area contributed by atoms with E-state index in [9.17, 15) is 0 Å². The van der Waals surface area contributed by atoms with Gasteiger partial charge in [0.2, 0.25) is 0 Å². The third-order valence-electron chi connectivity index (χ3n) is 2.23. The van der Waals surface area contributed by atoms with Gasteiger partial charge in [-0.2, -0.15) is 11.8 Å². The standard InChI is InChI=1S/C12H20S/c1-2-3-4-8-11-13-12-9-6-5-7-10-12/h6-7,9-10,12H,2-5,8,11H2,1H3. The van der Waals surface area contributed by atoms with Crippen molar-refractivity contribution in [1.29, 1.82) is 0 Å². The van der Waals surface area contributed by atoms with E-state index in [1.807, 2.05) is 0 Å². The molecule has 0 saturated heterocycles. The lowest BCUT2D eigenvalue weighted by Crippen LogP contribution is -1.97. The number of hydrogen-bond acceptors (Lipinski definition) is 1. The maximum atomic E-state index is 2.32. The SMILES string of the molecule is CCCCCCSC1C=CCC=C1. The van der Waals surface area contributed by atoms with Gasteiger partial charge in [0.1, 0.15) is 0 Å². The Balaban J connectivity index is 1.96. The second-order valence-electron chi connectivity index (χ2n) is 3.49. The largest absolute Gasteiger partial charge is 0.150 e. The van der Waals surface area contributed by atoms with Gasteiger partial charge in [0.05, 0.1) is 0 Å². The maximum absolute atomic E-state index is 2.32. The Morgan fingerprint density at radius 2 is 1.92 bits per heavy atom. The molecule has 0 radical (unpaired) electrons. The van der Waals surface area contributed by atoms with Gasteiger partial charge in [-0.25, -0.2) is 0 Å². The molecule has 1 aliphatic carbocycles. The highest BCUT2D eigenvalue weighted by atomic mass is 32.2. The number of thioether (sulfide) groups is 1. The summed E-state index contributed by atoms with van der Waals surface area (Å²) in [7, 11) is 0. The normalized spacial score (nSPS) is 16.7. The van der Waals surface area contributed by atoms with Crippen molar-refractivity contribution in [3.05, 3.63) is 24.3 Å². The fourth-order valence-electron chi connectivity index (χ4n) is 1.43. The van der Waals surface area contributed by atoms with E-state index < -0.39 is 0 Å². The molecule has 1 rings (SSSR count). The lowest BCUT2D eigenvalue weighted by Gasteiger charge is -2.09. The van der Waals surface area contributed by atoms with Crippen LogP contribution in [0.25, 0.3) is 0 Å². The first-order chi connectivity index (χ1) is 6.43. The Bertz CT molecular complexity index is 158. The molecule has 0 bridgehead atoms. The molecule has 13 heavy (non-hydrogen) atoms. The molecule has 74 valence electrons. The van der Waals surface area contributed by atoms with Gasteiger partial charge in [0.15, 0.2) is 0 Å². The smallest absolute Gasteiger partial charge is 0.0407 e. The number of rotatable bonds is 6. The lowest BCUT2D eigenvalue weighted by molar-refractivity contribution is 0.706. The number of allylic oxidation sites excluding steroid dienone is 2. The molecule has 0 saturated carbocycles. The van der Waals surface area contributed by atoms with Gasteiger partial charge in [0.25, 0.3) is 0 Å². The molecule has 1 aliphatic rings. The van der Waals surface area contributed by atoms with Crippen molar-refractivity contribution in [3.63, 3.8) is 0 Å². The quantitative estimate of drug-likeness (QED) is 0.453. The van der Waals surface area contributed by atoms with Crippen molar-refractivity contribution in [3.8, 4) is 0 Å². The van der Waals surface area contributed by atoms with Crippen molar-refractivity contribution in [1.82, 2.24) is 0 Å². The van der Waals surface area contributed by atoms with Crippen molar-refractivity contribution < 1.29 is 0 Å². The first-order valence-corrected chi connectivity index (χ1v) is 6.43. The average molecular weight is 196 g/mol. The number of unbranched alkanes of at least 4 members (excludes halogenated alkanes) is 3. The van der Waals surface area contributed by atoms with Crippen LogP contribution in [-0.2, 0) is 0 Å². The van der Waals surface area contributed by atoms with Crippen molar-refractivity contribution in [2.24, 2.45) is 0 Å². The highest BCUT2D eigenvalue weighted by Crippen LogP contribution is 2.19. The van der Waals surface area contributed by atoms with E-state index in [-0.39, 0.29) is 0 Å². The summed E-state index contributed by atoms with van der Waals surface area (Å²) >= 11 is 2.07.